The molecular formula is C20H21Cl2NO3. The minimum absolute atomic E-state index is 0.109. The topological polar surface area (TPSA) is 55.4 Å². The number of benzene rings is 2. The van der Waals surface area contributed by atoms with E-state index >= 15 is 0 Å². The molecular weight excluding hydrogens is 373 g/mol. The van der Waals surface area contributed by atoms with Crippen LogP contribution in [0, 0.1) is 0 Å². The van der Waals surface area contributed by atoms with Crippen LogP contribution in [0.3, 0.4) is 0 Å². The molecule has 0 aliphatic heterocycles. The Balaban J connectivity index is 2.21. The van der Waals surface area contributed by atoms with Gasteiger partial charge < -0.3 is 10.1 Å². The summed E-state index contributed by atoms with van der Waals surface area (Å²) in [7, 11) is 0. The zero-order valence-electron chi connectivity index (χ0n) is 14.9. The number of carbonyl (C=O) groups is 2. The molecule has 6 heteroatoms. The Morgan fingerprint density at radius 2 is 1.46 bits per heavy atom. The molecule has 2 aromatic rings. The average molecular weight is 394 g/mol. The van der Waals surface area contributed by atoms with Crippen LogP contribution in [0.2, 0.25) is 10.0 Å². The van der Waals surface area contributed by atoms with Crippen LogP contribution in [0.5, 0.6) is 0 Å². The third kappa shape index (κ3) is 6.04. The largest absolute Gasteiger partial charge is 0.444 e. The summed E-state index contributed by atoms with van der Waals surface area (Å²) < 4.78 is 5.24. The first kappa shape index (κ1) is 20.3. The Morgan fingerprint density at radius 3 is 1.96 bits per heavy atom. The fourth-order valence-corrected chi connectivity index (χ4v) is 2.62. The summed E-state index contributed by atoms with van der Waals surface area (Å²) >= 11 is 11.8. The fourth-order valence-electron chi connectivity index (χ4n) is 2.37. The molecule has 2 rings (SSSR count). The van der Waals surface area contributed by atoms with Gasteiger partial charge in [0.1, 0.15) is 5.60 Å². The van der Waals surface area contributed by atoms with Gasteiger partial charge in [-0.25, -0.2) is 4.79 Å². The zero-order chi connectivity index (χ0) is 19.3. The third-order valence-electron chi connectivity index (χ3n) is 3.57. The molecule has 0 aromatic heterocycles. The number of ketones is 1. The number of carbonyl (C=O) groups excluding carboxylic acids is 2. The van der Waals surface area contributed by atoms with E-state index < -0.39 is 17.6 Å². The summed E-state index contributed by atoms with van der Waals surface area (Å²) in [5.41, 5.74) is 0.658. The van der Waals surface area contributed by atoms with E-state index in [0.29, 0.717) is 15.6 Å². The standard InChI is InChI=1S/C20H21Cl2NO3/c1-20(2,3)26-19(25)23-12-17(13-4-8-15(21)9-5-13)18(24)14-6-10-16(22)11-7-14/h4-11,17H,12H2,1-3H3,(H,23,25). The minimum Gasteiger partial charge on any atom is -0.444 e. The number of alkyl carbamates (subject to hydrolysis) is 1. The molecule has 0 saturated heterocycles. The van der Waals surface area contributed by atoms with E-state index in [9.17, 15) is 9.59 Å². The summed E-state index contributed by atoms with van der Waals surface area (Å²) in [6, 6.07) is 13.6. The normalized spacial score (nSPS) is 12.3. The van der Waals surface area contributed by atoms with Crippen LogP contribution in [-0.4, -0.2) is 24.0 Å². The van der Waals surface area contributed by atoms with Crippen molar-refractivity contribution < 1.29 is 14.3 Å². The van der Waals surface area contributed by atoms with Gasteiger partial charge in [-0.3, -0.25) is 4.79 Å². The minimum atomic E-state index is -0.611. The van der Waals surface area contributed by atoms with Gasteiger partial charge in [-0.2, -0.15) is 0 Å². The number of hydrogen-bond acceptors (Lipinski definition) is 3. The van der Waals surface area contributed by atoms with Crippen LogP contribution in [0.1, 0.15) is 42.6 Å². The van der Waals surface area contributed by atoms with Crippen LogP contribution in [0.25, 0.3) is 0 Å². The van der Waals surface area contributed by atoms with Gasteiger partial charge in [-0.15, -0.1) is 0 Å². The van der Waals surface area contributed by atoms with E-state index in [4.69, 9.17) is 27.9 Å². The number of hydrogen-bond donors (Lipinski definition) is 1. The molecule has 0 saturated carbocycles. The summed E-state index contributed by atoms with van der Waals surface area (Å²) in [4.78, 5) is 24.9. The molecule has 0 heterocycles. The Kier molecular flexibility index (Phi) is 6.68. The van der Waals surface area contributed by atoms with E-state index in [0.717, 1.165) is 5.56 Å². The van der Waals surface area contributed by atoms with Crippen molar-refractivity contribution in [3.63, 3.8) is 0 Å². The molecule has 4 nitrogen and oxygen atoms in total. The number of ether oxygens (including phenoxy) is 1. The van der Waals surface area contributed by atoms with Crippen molar-refractivity contribution in [2.75, 3.05) is 6.54 Å². The molecule has 0 fully saturated rings. The first-order valence-corrected chi connectivity index (χ1v) is 8.93. The van der Waals surface area contributed by atoms with E-state index in [1.165, 1.54) is 0 Å². The summed E-state index contributed by atoms with van der Waals surface area (Å²) in [6.07, 6.45) is -0.569. The predicted molar refractivity (Wildman–Crippen MR) is 104 cm³/mol. The summed E-state index contributed by atoms with van der Waals surface area (Å²) in [5, 5.41) is 3.80. The molecule has 1 atom stereocenters. The molecule has 0 bridgehead atoms. The molecule has 0 radical (unpaired) electrons. The maximum atomic E-state index is 13.0. The van der Waals surface area contributed by atoms with Crippen LogP contribution in [0.4, 0.5) is 4.79 Å². The first-order valence-electron chi connectivity index (χ1n) is 8.18. The highest BCUT2D eigenvalue weighted by atomic mass is 35.5. The van der Waals surface area contributed by atoms with Gasteiger partial charge in [0, 0.05) is 22.2 Å². The highest BCUT2D eigenvalue weighted by Gasteiger charge is 2.24. The molecule has 0 aliphatic rings. The smallest absolute Gasteiger partial charge is 0.407 e. The first-order chi connectivity index (χ1) is 12.2. The lowest BCUT2D eigenvalue weighted by Crippen LogP contribution is -2.36. The van der Waals surface area contributed by atoms with Crippen molar-refractivity contribution in [2.45, 2.75) is 32.3 Å². The lowest BCUT2D eigenvalue weighted by atomic mass is 9.90. The lowest BCUT2D eigenvalue weighted by Gasteiger charge is -2.22. The highest BCUT2D eigenvalue weighted by molar-refractivity contribution is 6.31. The van der Waals surface area contributed by atoms with Gasteiger partial charge in [0.05, 0.1) is 5.92 Å². The van der Waals surface area contributed by atoms with Crippen LogP contribution in [0.15, 0.2) is 48.5 Å². The molecule has 0 spiro atoms. The number of amides is 1. The quantitative estimate of drug-likeness (QED) is 0.683. The summed E-state index contributed by atoms with van der Waals surface area (Å²) in [5.74, 6) is -0.694. The van der Waals surface area contributed by atoms with Crippen molar-refractivity contribution in [3.05, 3.63) is 69.7 Å². The van der Waals surface area contributed by atoms with Gasteiger partial charge >= 0.3 is 6.09 Å². The monoisotopic (exact) mass is 393 g/mol. The average Bonchev–Trinajstić information content (AvgIpc) is 2.55. The van der Waals surface area contributed by atoms with Gasteiger partial charge in [0.25, 0.3) is 0 Å². The maximum absolute atomic E-state index is 13.0. The Hall–Kier alpha value is -2.04. The third-order valence-corrected chi connectivity index (χ3v) is 4.07. The van der Waals surface area contributed by atoms with Crippen molar-refractivity contribution in [2.24, 2.45) is 0 Å². The highest BCUT2D eigenvalue weighted by Crippen LogP contribution is 2.23. The molecule has 0 aliphatic carbocycles. The van der Waals surface area contributed by atoms with Crippen LogP contribution >= 0.6 is 23.2 Å². The van der Waals surface area contributed by atoms with Crippen LogP contribution < -0.4 is 5.32 Å². The number of rotatable bonds is 5. The van der Waals surface area contributed by atoms with Gasteiger partial charge in [-0.1, -0.05) is 35.3 Å². The van der Waals surface area contributed by atoms with Gasteiger partial charge in [0.2, 0.25) is 0 Å². The zero-order valence-corrected chi connectivity index (χ0v) is 16.4. The molecule has 138 valence electrons. The lowest BCUT2D eigenvalue weighted by molar-refractivity contribution is 0.0524. The second-order valence-corrected chi connectivity index (χ2v) is 7.73. The Morgan fingerprint density at radius 1 is 0.962 bits per heavy atom. The Labute approximate surface area is 163 Å². The number of nitrogens with one attached hydrogen (secondary N) is 1. The number of Topliss-reactive ketones (excluding diaryl/α,β-unsaturated/α-hetero) is 1. The molecule has 1 unspecified atom stereocenters. The van der Waals surface area contributed by atoms with Gasteiger partial charge in [-0.05, 0) is 62.7 Å². The van der Waals surface area contributed by atoms with Crippen LogP contribution in [-0.2, 0) is 4.74 Å². The van der Waals surface area contributed by atoms with Crippen molar-refractivity contribution >= 4 is 35.1 Å². The SMILES string of the molecule is CC(C)(C)OC(=O)NCC(C(=O)c1ccc(Cl)cc1)c1ccc(Cl)cc1. The van der Waals surface area contributed by atoms with E-state index in [-0.39, 0.29) is 12.3 Å². The second kappa shape index (κ2) is 8.56. The molecule has 1 N–H and O–H groups in total. The fraction of sp³-hybridized carbons (Fsp3) is 0.300. The second-order valence-electron chi connectivity index (χ2n) is 6.86. The van der Waals surface area contributed by atoms with Crippen molar-refractivity contribution in [1.29, 1.82) is 0 Å². The van der Waals surface area contributed by atoms with Crippen molar-refractivity contribution in [1.82, 2.24) is 5.32 Å². The van der Waals surface area contributed by atoms with E-state index in [2.05, 4.69) is 5.32 Å². The maximum Gasteiger partial charge on any atom is 0.407 e. The number of halogens is 2. The molecule has 1 amide bonds. The van der Waals surface area contributed by atoms with Crippen molar-refractivity contribution in [3.8, 4) is 0 Å². The molecule has 2 aromatic carbocycles. The van der Waals surface area contributed by atoms with E-state index in [1.54, 1.807) is 69.3 Å². The summed E-state index contributed by atoms with van der Waals surface area (Å²) in [6.45, 7) is 5.45. The van der Waals surface area contributed by atoms with E-state index in [1.807, 2.05) is 0 Å². The molecule has 26 heavy (non-hydrogen) atoms. The predicted octanol–water partition coefficient (Wildman–Crippen LogP) is 5.48. The Bertz CT molecular complexity index is 765. The van der Waals surface area contributed by atoms with Gasteiger partial charge in [0.15, 0.2) is 5.78 Å².